The number of rotatable bonds is 5. The van der Waals surface area contributed by atoms with Gasteiger partial charge in [0, 0.05) is 14.1 Å². The summed E-state index contributed by atoms with van der Waals surface area (Å²) in [6.45, 7) is 2.18. The van der Waals surface area contributed by atoms with E-state index >= 15 is 0 Å². The van der Waals surface area contributed by atoms with Crippen LogP contribution in [0.25, 0.3) is 0 Å². The Morgan fingerprint density at radius 2 is 2.21 bits per heavy atom. The van der Waals surface area contributed by atoms with Crippen LogP contribution in [0.2, 0.25) is 0 Å². The van der Waals surface area contributed by atoms with E-state index in [0.717, 1.165) is 30.9 Å². The Morgan fingerprint density at radius 1 is 1.42 bits per heavy atom. The van der Waals surface area contributed by atoms with Crippen LogP contribution in [-0.4, -0.2) is 53.0 Å². The minimum Gasteiger partial charge on any atom is -0.390 e. The average molecular weight is 286 g/mol. The van der Waals surface area contributed by atoms with Gasteiger partial charge in [0.15, 0.2) is 5.17 Å². The number of fused-ring (bicyclic) bond motifs is 1. The molecule has 0 unspecified atom stereocenters. The van der Waals surface area contributed by atoms with Crippen molar-refractivity contribution in [2.75, 3.05) is 14.1 Å². The second-order valence-electron chi connectivity index (χ2n) is 5.67. The van der Waals surface area contributed by atoms with E-state index in [4.69, 9.17) is 4.74 Å². The van der Waals surface area contributed by atoms with Gasteiger partial charge in [0.2, 0.25) is 0 Å². The number of thioether (sulfide) groups is 1. The van der Waals surface area contributed by atoms with Crippen LogP contribution in [0.15, 0.2) is 4.99 Å². The summed E-state index contributed by atoms with van der Waals surface area (Å²) in [4.78, 5) is 6.72. The predicted molar refractivity (Wildman–Crippen MR) is 80.5 cm³/mol. The van der Waals surface area contributed by atoms with E-state index in [1.165, 1.54) is 12.8 Å². The number of aliphatic hydroxyl groups excluding tert-OH is 1. The Balaban J connectivity index is 1.80. The topological polar surface area (TPSA) is 45.1 Å². The summed E-state index contributed by atoms with van der Waals surface area (Å²) in [5, 5.41) is 11.3. The number of nitrogens with zero attached hydrogens (tertiary/aromatic N) is 2. The van der Waals surface area contributed by atoms with Crippen LogP contribution in [-0.2, 0) is 4.74 Å². The van der Waals surface area contributed by atoms with Crippen LogP contribution in [0.4, 0.5) is 0 Å². The van der Waals surface area contributed by atoms with E-state index in [1.807, 2.05) is 19.0 Å². The van der Waals surface area contributed by atoms with Crippen molar-refractivity contribution in [1.82, 2.24) is 4.90 Å². The first kappa shape index (κ1) is 15.1. The third-order valence-electron chi connectivity index (χ3n) is 3.78. The van der Waals surface area contributed by atoms with E-state index < -0.39 is 0 Å². The molecule has 0 spiro atoms. The fourth-order valence-electron chi connectivity index (χ4n) is 2.60. The highest BCUT2D eigenvalue weighted by Gasteiger charge is 2.39. The standard InChI is InChI=1S/C14H26N2O2S/c1-4-5-6-7-11(17)12-9-8-10-13(18-12)19-14(15-10)16(2)3/h10-13,17H,4-9H2,1-3H3/t10-,11+,12-,13-/m1/s1. The molecule has 110 valence electrons. The van der Waals surface area contributed by atoms with Crippen LogP contribution in [0, 0.1) is 0 Å². The maximum Gasteiger partial charge on any atom is 0.161 e. The second kappa shape index (κ2) is 6.95. The molecule has 19 heavy (non-hydrogen) atoms. The molecule has 2 heterocycles. The summed E-state index contributed by atoms with van der Waals surface area (Å²) < 4.78 is 6.05. The molecule has 2 rings (SSSR count). The van der Waals surface area contributed by atoms with Crippen LogP contribution >= 0.6 is 11.8 Å². The Morgan fingerprint density at radius 3 is 2.89 bits per heavy atom. The molecule has 1 saturated heterocycles. The van der Waals surface area contributed by atoms with Crippen molar-refractivity contribution in [3.8, 4) is 0 Å². The molecule has 1 fully saturated rings. The van der Waals surface area contributed by atoms with Crippen molar-refractivity contribution in [2.45, 2.75) is 69.1 Å². The molecule has 1 N–H and O–H groups in total. The molecule has 2 aliphatic heterocycles. The molecule has 0 saturated carbocycles. The van der Waals surface area contributed by atoms with Crippen molar-refractivity contribution in [3.05, 3.63) is 0 Å². The van der Waals surface area contributed by atoms with Gasteiger partial charge in [-0.2, -0.15) is 0 Å². The summed E-state index contributed by atoms with van der Waals surface area (Å²) in [6, 6.07) is 0.279. The lowest BCUT2D eigenvalue weighted by Crippen LogP contribution is -2.40. The second-order valence-corrected chi connectivity index (χ2v) is 6.74. The number of ether oxygens (including phenoxy) is 1. The first-order valence-electron chi connectivity index (χ1n) is 7.37. The van der Waals surface area contributed by atoms with Crippen molar-refractivity contribution in [1.29, 1.82) is 0 Å². The van der Waals surface area contributed by atoms with E-state index in [-0.39, 0.29) is 23.7 Å². The number of hydrogen-bond donors (Lipinski definition) is 1. The van der Waals surface area contributed by atoms with Gasteiger partial charge >= 0.3 is 0 Å². The van der Waals surface area contributed by atoms with Gasteiger partial charge in [-0.3, -0.25) is 4.99 Å². The Hall–Kier alpha value is -0.260. The summed E-state index contributed by atoms with van der Waals surface area (Å²) >= 11 is 1.69. The van der Waals surface area contributed by atoms with E-state index in [1.54, 1.807) is 11.8 Å². The third kappa shape index (κ3) is 3.86. The zero-order valence-corrected chi connectivity index (χ0v) is 13.0. The number of aliphatic hydroxyl groups is 1. The minimum absolute atomic E-state index is 0.00215. The minimum atomic E-state index is -0.309. The van der Waals surface area contributed by atoms with Crippen LogP contribution in [0.3, 0.4) is 0 Å². The van der Waals surface area contributed by atoms with Gasteiger partial charge in [-0.15, -0.1) is 0 Å². The SMILES string of the molecule is CCCCC[C@H](O)[C@H]1CC[C@H]2N=C(N(C)C)S[C@H]2O1. The number of amidine groups is 1. The van der Waals surface area contributed by atoms with E-state index in [2.05, 4.69) is 11.9 Å². The summed E-state index contributed by atoms with van der Waals surface area (Å²) in [5.74, 6) is 0. The number of aliphatic imine (C=N–C) groups is 1. The summed E-state index contributed by atoms with van der Waals surface area (Å²) in [6.07, 6.45) is 6.00. The van der Waals surface area contributed by atoms with Crippen molar-refractivity contribution < 1.29 is 9.84 Å². The maximum atomic E-state index is 10.2. The van der Waals surface area contributed by atoms with Crippen molar-refractivity contribution >= 4 is 16.9 Å². The van der Waals surface area contributed by atoms with Crippen LogP contribution in [0.5, 0.6) is 0 Å². The Kier molecular flexibility index (Phi) is 5.54. The summed E-state index contributed by atoms with van der Waals surface area (Å²) in [5.41, 5.74) is 0.108. The smallest absolute Gasteiger partial charge is 0.161 e. The van der Waals surface area contributed by atoms with Crippen molar-refractivity contribution in [3.63, 3.8) is 0 Å². The molecule has 4 atom stereocenters. The van der Waals surface area contributed by atoms with Gasteiger partial charge in [-0.05, 0) is 19.3 Å². The Labute approximate surface area is 120 Å². The molecule has 0 aromatic heterocycles. The monoisotopic (exact) mass is 286 g/mol. The molecule has 5 heteroatoms. The lowest BCUT2D eigenvalue weighted by atomic mass is 9.98. The number of hydrogen-bond acceptors (Lipinski definition) is 5. The molecular formula is C14H26N2O2S. The first-order valence-corrected chi connectivity index (χ1v) is 8.25. The third-order valence-corrected chi connectivity index (χ3v) is 5.12. The molecule has 0 aromatic carbocycles. The van der Waals surface area contributed by atoms with Crippen LogP contribution < -0.4 is 0 Å². The molecule has 0 amide bonds. The van der Waals surface area contributed by atoms with E-state index in [9.17, 15) is 5.11 Å². The predicted octanol–water partition coefficient (Wildman–Crippen LogP) is 2.47. The first-order chi connectivity index (χ1) is 9.11. The van der Waals surface area contributed by atoms with Crippen molar-refractivity contribution in [2.24, 2.45) is 4.99 Å². The highest BCUT2D eigenvalue weighted by atomic mass is 32.2. The largest absolute Gasteiger partial charge is 0.390 e. The zero-order valence-electron chi connectivity index (χ0n) is 12.2. The normalized spacial score (nSPS) is 31.8. The molecule has 2 aliphatic rings. The summed E-state index contributed by atoms with van der Waals surface area (Å²) in [7, 11) is 4.03. The lowest BCUT2D eigenvalue weighted by Gasteiger charge is -2.33. The van der Waals surface area contributed by atoms with Gasteiger partial charge in [-0.25, -0.2) is 0 Å². The maximum absolute atomic E-state index is 10.2. The lowest BCUT2D eigenvalue weighted by molar-refractivity contribution is -0.0820. The zero-order chi connectivity index (χ0) is 13.8. The van der Waals surface area contributed by atoms with Gasteiger partial charge in [0.25, 0.3) is 0 Å². The quantitative estimate of drug-likeness (QED) is 0.789. The highest BCUT2D eigenvalue weighted by Crippen LogP contribution is 2.37. The fourth-order valence-corrected chi connectivity index (χ4v) is 3.77. The molecular weight excluding hydrogens is 260 g/mol. The van der Waals surface area contributed by atoms with Gasteiger partial charge < -0.3 is 14.7 Å². The molecule has 0 radical (unpaired) electrons. The van der Waals surface area contributed by atoms with Gasteiger partial charge in [0.1, 0.15) is 5.44 Å². The molecule has 0 aromatic rings. The molecule has 0 bridgehead atoms. The average Bonchev–Trinajstić information content (AvgIpc) is 2.81. The molecule has 0 aliphatic carbocycles. The van der Waals surface area contributed by atoms with Gasteiger partial charge in [-0.1, -0.05) is 37.9 Å². The van der Waals surface area contributed by atoms with Gasteiger partial charge in [0.05, 0.1) is 18.2 Å². The molecule has 4 nitrogen and oxygen atoms in total. The van der Waals surface area contributed by atoms with E-state index in [0.29, 0.717) is 0 Å². The Bertz CT molecular complexity index is 323. The fraction of sp³-hybridized carbons (Fsp3) is 0.929. The highest BCUT2D eigenvalue weighted by molar-refractivity contribution is 8.14. The van der Waals surface area contributed by atoms with Crippen LogP contribution in [0.1, 0.15) is 45.4 Å². The number of unbranched alkanes of at least 4 members (excludes halogenated alkanes) is 2.